The number of carbonyl (C=O) groups excluding carboxylic acids is 1. The standard InChI is InChI=1S/C18H25ClN2O2/c1-2-15(22)12-20-6-8-21(9-7-20)18(23)17-11-16(17)13-4-3-5-14(19)10-13/h3-5,10,15-17,22H,2,6-9,11-12H2,1H3/t15-,16+,17+/m0/s1. The molecule has 1 saturated heterocycles. The number of piperazine rings is 1. The highest BCUT2D eigenvalue weighted by Gasteiger charge is 2.46. The van der Waals surface area contributed by atoms with Gasteiger partial charge in [-0.1, -0.05) is 30.7 Å². The second kappa shape index (κ2) is 7.20. The summed E-state index contributed by atoms with van der Waals surface area (Å²) in [5, 5.41) is 10.5. The van der Waals surface area contributed by atoms with Crippen LogP contribution in [0.15, 0.2) is 24.3 Å². The van der Waals surface area contributed by atoms with E-state index in [0.717, 1.165) is 44.0 Å². The molecule has 1 heterocycles. The molecule has 1 aliphatic carbocycles. The van der Waals surface area contributed by atoms with E-state index in [1.54, 1.807) is 0 Å². The molecular formula is C18H25ClN2O2. The average Bonchev–Trinajstić information content (AvgIpc) is 3.35. The Bertz CT molecular complexity index is 558. The fourth-order valence-electron chi connectivity index (χ4n) is 3.39. The normalized spacial score (nSPS) is 26.1. The van der Waals surface area contributed by atoms with E-state index in [1.807, 2.05) is 30.0 Å². The Labute approximate surface area is 143 Å². The quantitative estimate of drug-likeness (QED) is 0.897. The van der Waals surface area contributed by atoms with Gasteiger partial charge in [-0.15, -0.1) is 0 Å². The number of hydrogen-bond donors (Lipinski definition) is 1. The number of β-amino-alcohol motifs (C(OH)–C–C–N with tert-alkyl or cyclic N) is 1. The van der Waals surface area contributed by atoms with Gasteiger partial charge in [-0.05, 0) is 36.5 Å². The second-order valence-electron chi connectivity index (χ2n) is 6.69. The summed E-state index contributed by atoms with van der Waals surface area (Å²) in [5.41, 5.74) is 1.18. The van der Waals surface area contributed by atoms with Crippen LogP contribution < -0.4 is 0 Å². The molecule has 0 spiro atoms. The average molecular weight is 337 g/mol. The molecule has 3 rings (SSSR count). The van der Waals surface area contributed by atoms with Gasteiger partial charge in [0.15, 0.2) is 0 Å². The summed E-state index contributed by atoms with van der Waals surface area (Å²) in [6.07, 6.45) is 1.46. The molecule has 0 aromatic heterocycles. The van der Waals surface area contributed by atoms with Gasteiger partial charge in [-0.3, -0.25) is 9.69 Å². The van der Waals surface area contributed by atoms with Crippen LogP contribution in [0.2, 0.25) is 5.02 Å². The number of aliphatic hydroxyl groups is 1. The van der Waals surface area contributed by atoms with Crippen LogP contribution in [-0.4, -0.2) is 59.6 Å². The summed E-state index contributed by atoms with van der Waals surface area (Å²) >= 11 is 6.04. The minimum atomic E-state index is -0.257. The number of benzene rings is 1. The molecule has 1 aliphatic heterocycles. The molecule has 2 fully saturated rings. The first-order chi connectivity index (χ1) is 11.1. The van der Waals surface area contributed by atoms with E-state index in [1.165, 1.54) is 5.56 Å². The van der Waals surface area contributed by atoms with Crippen molar-refractivity contribution in [1.82, 2.24) is 9.80 Å². The van der Waals surface area contributed by atoms with E-state index in [9.17, 15) is 9.90 Å². The predicted octanol–water partition coefficient (Wildman–Crippen LogP) is 2.36. The first kappa shape index (κ1) is 16.7. The Morgan fingerprint density at radius 3 is 2.74 bits per heavy atom. The Morgan fingerprint density at radius 1 is 1.35 bits per heavy atom. The van der Waals surface area contributed by atoms with Crippen LogP contribution in [0.4, 0.5) is 0 Å². The van der Waals surface area contributed by atoms with Gasteiger partial charge in [-0.2, -0.15) is 0 Å². The molecule has 1 aromatic carbocycles. The summed E-state index contributed by atoms with van der Waals surface area (Å²) in [7, 11) is 0. The van der Waals surface area contributed by atoms with Crippen molar-refractivity contribution in [3.63, 3.8) is 0 Å². The maximum atomic E-state index is 12.6. The molecule has 1 aromatic rings. The maximum Gasteiger partial charge on any atom is 0.226 e. The lowest BCUT2D eigenvalue weighted by Gasteiger charge is -2.35. The van der Waals surface area contributed by atoms with Gasteiger partial charge in [0.05, 0.1) is 6.10 Å². The topological polar surface area (TPSA) is 43.8 Å². The van der Waals surface area contributed by atoms with Crippen molar-refractivity contribution in [2.75, 3.05) is 32.7 Å². The van der Waals surface area contributed by atoms with E-state index in [4.69, 9.17) is 11.6 Å². The third kappa shape index (κ3) is 4.06. The minimum absolute atomic E-state index is 0.126. The largest absolute Gasteiger partial charge is 0.392 e. The van der Waals surface area contributed by atoms with E-state index in [2.05, 4.69) is 11.0 Å². The number of hydrogen-bond acceptors (Lipinski definition) is 3. The van der Waals surface area contributed by atoms with E-state index < -0.39 is 0 Å². The van der Waals surface area contributed by atoms with Crippen LogP contribution in [0.5, 0.6) is 0 Å². The van der Waals surface area contributed by atoms with Gasteiger partial charge in [0, 0.05) is 43.7 Å². The van der Waals surface area contributed by atoms with Crippen molar-refractivity contribution in [2.24, 2.45) is 5.92 Å². The molecule has 1 saturated carbocycles. The van der Waals surface area contributed by atoms with Gasteiger partial charge < -0.3 is 10.0 Å². The molecule has 126 valence electrons. The number of carbonyl (C=O) groups is 1. The molecule has 0 radical (unpaired) electrons. The van der Waals surface area contributed by atoms with Crippen LogP contribution in [0, 0.1) is 5.92 Å². The minimum Gasteiger partial charge on any atom is -0.392 e. The lowest BCUT2D eigenvalue weighted by molar-refractivity contribution is -0.134. The van der Waals surface area contributed by atoms with E-state index >= 15 is 0 Å². The highest BCUT2D eigenvalue weighted by molar-refractivity contribution is 6.30. The highest BCUT2D eigenvalue weighted by Crippen LogP contribution is 2.48. The SMILES string of the molecule is CC[C@H](O)CN1CCN(C(=O)[C@@H]2C[C@@H]2c2cccc(Cl)c2)CC1. The Morgan fingerprint density at radius 2 is 2.09 bits per heavy atom. The molecule has 1 amide bonds. The number of aliphatic hydroxyl groups excluding tert-OH is 1. The highest BCUT2D eigenvalue weighted by atomic mass is 35.5. The third-order valence-electron chi connectivity index (χ3n) is 5.01. The number of halogens is 1. The Balaban J connectivity index is 1.49. The van der Waals surface area contributed by atoms with Crippen LogP contribution in [0.3, 0.4) is 0 Å². The lowest BCUT2D eigenvalue weighted by Crippen LogP contribution is -2.50. The molecule has 2 aliphatic rings. The van der Waals surface area contributed by atoms with Gasteiger partial charge in [0.1, 0.15) is 0 Å². The Kier molecular flexibility index (Phi) is 5.24. The molecule has 4 nitrogen and oxygen atoms in total. The van der Waals surface area contributed by atoms with Crippen LogP contribution in [-0.2, 0) is 4.79 Å². The predicted molar refractivity (Wildman–Crippen MR) is 91.6 cm³/mol. The zero-order chi connectivity index (χ0) is 16.4. The van der Waals surface area contributed by atoms with Gasteiger partial charge in [0.25, 0.3) is 0 Å². The van der Waals surface area contributed by atoms with Crippen molar-refractivity contribution in [3.05, 3.63) is 34.9 Å². The van der Waals surface area contributed by atoms with Gasteiger partial charge in [-0.25, -0.2) is 0 Å². The molecule has 0 bridgehead atoms. The molecule has 5 heteroatoms. The van der Waals surface area contributed by atoms with Crippen molar-refractivity contribution >= 4 is 17.5 Å². The number of rotatable bonds is 5. The second-order valence-corrected chi connectivity index (χ2v) is 7.13. The first-order valence-corrected chi connectivity index (χ1v) is 8.91. The lowest BCUT2D eigenvalue weighted by atomic mass is 10.1. The molecule has 3 atom stereocenters. The van der Waals surface area contributed by atoms with Crippen molar-refractivity contribution in [1.29, 1.82) is 0 Å². The molecule has 23 heavy (non-hydrogen) atoms. The van der Waals surface area contributed by atoms with E-state index in [0.29, 0.717) is 12.5 Å². The van der Waals surface area contributed by atoms with Crippen molar-refractivity contribution in [2.45, 2.75) is 31.8 Å². The van der Waals surface area contributed by atoms with Crippen molar-refractivity contribution in [3.8, 4) is 0 Å². The van der Waals surface area contributed by atoms with Crippen LogP contribution >= 0.6 is 11.6 Å². The summed E-state index contributed by atoms with van der Waals surface area (Å²) in [6, 6.07) is 7.86. The first-order valence-electron chi connectivity index (χ1n) is 8.53. The zero-order valence-corrected chi connectivity index (χ0v) is 14.4. The fourth-order valence-corrected chi connectivity index (χ4v) is 3.58. The van der Waals surface area contributed by atoms with Gasteiger partial charge >= 0.3 is 0 Å². The summed E-state index contributed by atoms with van der Waals surface area (Å²) in [4.78, 5) is 16.9. The van der Waals surface area contributed by atoms with Crippen molar-refractivity contribution < 1.29 is 9.90 Å². The third-order valence-corrected chi connectivity index (χ3v) is 5.24. The van der Waals surface area contributed by atoms with Crippen LogP contribution in [0.1, 0.15) is 31.2 Å². The van der Waals surface area contributed by atoms with Gasteiger partial charge in [0.2, 0.25) is 5.91 Å². The zero-order valence-electron chi connectivity index (χ0n) is 13.6. The van der Waals surface area contributed by atoms with E-state index in [-0.39, 0.29) is 17.9 Å². The summed E-state index contributed by atoms with van der Waals surface area (Å²) < 4.78 is 0. The summed E-state index contributed by atoms with van der Waals surface area (Å²) in [5.74, 6) is 0.744. The summed E-state index contributed by atoms with van der Waals surface area (Å²) in [6.45, 7) is 5.97. The smallest absolute Gasteiger partial charge is 0.226 e. The maximum absolute atomic E-state index is 12.6. The fraction of sp³-hybridized carbons (Fsp3) is 0.611. The molecular weight excluding hydrogens is 312 g/mol. The molecule has 0 unspecified atom stereocenters. The number of amides is 1. The molecule has 1 N–H and O–H groups in total. The van der Waals surface area contributed by atoms with Crippen LogP contribution in [0.25, 0.3) is 0 Å². The number of nitrogens with zero attached hydrogens (tertiary/aromatic N) is 2. The monoisotopic (exact) mass is 336 g/mol. The Hall–Kier alpha value is -1.10.